The second-order valence-corrected chi connectivity index (χ2v) is 12.5. The van der Waals surface area contributed by atoms with Crippen molar-refractivity contribution in [2.24, 2.45) is 0 Å². The standard InChI is InChI=1S/C20H30Si.2ClH.Zr/c1-13(2)21(14(3)4,19-15(5)9-10-16(19)6)20-17(7)11-12-18(20)8;;;/h13-14H,9,11H2,1-8H3;2*1H;/q-2;;;+4/p-2. The summed E-state index contributed by atoms with van der Waals surface area (Å²) in [6.07, 6.45) is 9.30. The Morgan fingerprint density at radius 3 is 1.17 bits per heavy atom. The summed E-state index contributed by atoms with van der Waals surface area (Å²) in [5.74, 6) is 0. The molecule has 0 atom stereocenters. The average molecular weight is 461 g/mol. The summed E-state index contributed by atoms with van der Waals surface area (Å²) in [5, 5.41) is 3.40. The van der Waals surface area contributed by atoms with Gasteiger partial charge in [0.15, 0.2) is 0 Å². The van der Waals surface area contributed by atoms with E-state index in [2.05, 4.69) is 67.5 Å². The van der Waals surface area contributed by atoms with Crippen molar-refractivity contribution in [1.82, 2.24) is 0 Å². The molecule has 0 spiro atoms. The zero-order chi connectivity index (χ0) is 15.9. The molecule has 0 heterocycles. The van der Waals surface area contributed by atoms with Gasteiger partial charge in [-0.05, 0) is 8.07 Å². The van der Waals surface area contributed by atoms with Crippen molar-refractivity contribution in [2.75, 3.05) is 0 Å². The van der Waals surface area contributed by atoms with Crippen molar-refractivity contribution >= 4 is 8.07 Å². The topological polar surface area (TPSA) is 0 Å². The van der Waals surface area contributed by atoms with Gasteiger partial charge in [-0.1, -0.05) is 66.5 Å². The summed E-state index contributed by atoms with van der Waals surface area (Å²) in [6.45, 7) is 19.0. The van der Waals surface area contributed by atoms with E-state index in [9.17, 15) is 0 Å². The third-order valence-corrected chi connectivity index (χ3v) is 12.4. The predicted octanol–water partition coefficient (Wildman–Crippen LogP) is 0.278. The van der Waals surface area contributed by atoms with E-state index in [4.69, 9.17) is 0 Å². The molecule has 2 rings (SSSR count). The van der Waals surface area contributed by atoms with Crippen LogP contribution in [0.1, 0.15) is 68.2 Å². The molecule has 132 valence electrons. The number of hydrogen-bond donors (Lipinski definition) is 0. The van der Waals surface area contributed by atoms with E-state index in [0.29, 0.717) is 11.1 Å². The van der Waals surface area contributed by atoms with Crippen LogP contribution in [0.25, 0.3) is 0 Å². The quantitative estimate of drug-likeness (QED) is 0.418. The maximum atomic E-state index is 3.61. The summed E-state index contributed by atoms with van der Waals surface area (Å²) >= 11 is 0. The zero-order valence-electron chi connectivity index (χ0n) is 16.3. The molecule has 0 radical (unpaired) electrons. The van der Waals surface area contributed by atoms with Gasteiger partial charge in [-0.25, -0.2) is 21.5 Å². The Morgan fingerprint density at radius 1 is 0.708 bits per heavy atom. The molecular weight excluding hydrogens is 430 g/mol. The van der Waals surface area contributed by atoms with Crippen molar-refractivity contribution in [3.8, 4) is 0 Å². The second kappa shape index (κ2) is 10.1. The summed E-state index contributed by atoms with van der Waals surface area (Å²) in [5.41, 5.74) is 7.42. The summed E-state index contributed by atoms with van der Waals surface area (Å²) in [6, 6.07) is 0. The Hall–Kier alpha value is 0.640. The first kappa shape index (κ1) is 26.9. The predicted molar refractivity (Wildman–Crippen MR) is 95.4 cm³/mol. The van der Waals surface area contributed by atoms with E-state index in [1.807, 2.05) is 0 Å². The van der Waals surface area contributed by atoms with Crippen LogP contribution in [-0.4, -0.2) is 8.07 Å². The van der Waals surface area contributed by atoms with Crippen LogP contribution in [0.4, 0.5) is 0 Å². The molecule has 0 amide bonds. The molecule has 0 bridgehead atoms. The summed E-state index contributed by atoms with van der Waals surface area (Å²) in [7, 11) is -1.78. The summed E-state index contributed by atoms with van der Waals surface area (Å²) in [4.78, 5) is 0. The van der Waals surface area contributed by atoms with E-state index in [-0.39, 0.29) is 51.0 Å². The van der Waals surface area contributed by atoms with Crippen molar-refractivity contribution in [2.45, 2.75) is 79.3 Å². The van der Waals surface area contributed by atoms with Crippen molar-refractivity contribution in [3.63, 3.8) is 0 Å². The molecule has 0 unspecified atom stereocenters. The fraction of sp³-hybridized carbons (Fsp3) is 0.600. The molecule has 0 N–H and O–H groups in total. The van der Waals surface area contributed by atoms with Gasteiger partial charge in [0.05, 0.1) is 0 Å². The van der Waals surface area contributed by atoms with Gasteiger partial charge < -0.3 is 24.8 Å². The molecule has 2 aliphatic carbocycles. The van der Waals surface area contributed by atoms with Gasteiger partial charge >= 0.3 is 26.2 Å². The first-order chi connectivity index (χ1) is 9.74. The number of allylic oxidation sites excluding steroid dienone is 8. The van der Waals surface area contributed by atoms with Crippen molar-refractivity contribution < 1.29 is 51.0 Å². The molecule has 0 saturated heterocycles. The van der Waals surface area contributed by atoms with Gasteiger partial charge in [-0.15, -0.1) is 12.8 Å². The van der Waals surface area contributed by atoms with E-state index in [1.165, 1.54) is 11.1 Å². The molecule has 0 aromatic carbocycles. The van der Waals surface area contributed by atoms with Gasteiger partial charge in [0.2, 0.25) is 0 Å². The number of rotatable bonds is 4. The third kappa shape index (κ3) is 4.13. The van der Waals surface area contributed by atoms with Crippen LogP contribution in [-0.2, 0) is 26.2 Å². The molecule has 0 fully saturated rings. The molecule has 0 nitrogen and oxygen atoms in total. The molecule has 24 heavy (non-hydrogen) atoms. The maximum Gasteiger partial charge on any atom is 4.00 e. The molecule has 0 aliphatic heterocycles. The van der Waals surface area contributed by atoms with E-state index < -0.39 is 8.07 Å². The number of halogens is 2. The Bertz CT molecular complexity index is 528. The molecule has 0 saturated carbocycles. The third-order valence-electron chi connectivity index (χ3n) is 5.49. The van der Waals surface area contributed by atoms with E-state index in [0.717, 1.165) is 12.8 Å². The smallest absolute Gasteiger partial charge is 1.00 e. The second-order valence-electron chi connectivity index (χ2n) is 7.45. The van der Waals surface area contributed by atoms with E-state index >= 15 is 0 Å². The molecule has 0 aromatic heterocycles. The Kier molecular flexibility index (Phi) is 11.3. The van der Waals surface area contributed by atoms with Gasteiger partial charge in [-0.2, -0.15) is 11.1 Å². The Morgan fingerprint density at radius 2 is 1.00 bits per heavy atom. The van der Waals surface area contributed by atoms with Crippen LogP contribution >= 0.6 is 0 Å². The van der Waals surface area contributed by atoms with Crippen LogP contribution in [0, 0.1) is 12.2 Å². The molecular formula is C20H30Cl2SiZr. The van der Waals surface area contributed by atoms with Crippen LogP contribution in [0.3, 0.4) is 0 Å². The Labute approximate surface area is 182 Å². The minimum Gasteiger partial charge on any atom is -1.00 e. The molecule has 4 heteroatoms. The van der Waals surface area contributed by atoms with Crippen molar-refractivity contribution in [3.05, 3.63) is 44.8 Å². The molecule has 2 aliphatic rings. The van der Waals surface area contributed by atoms with Crippen LogP contribution in [0.15, 0.2) is 32.7 Å². The monoisotopic (exact) mass is 458 g/mol. The SMILES string of the molecule is CC1=[C-]CC(C)=C1[Si](C1=C(C)C[C-]=C1C)(C(C)C)C(C)C.[Cl-].[Cl-].[Zr+4]. The number of hydrogen-bond acceptors (Lipinski definition) is 0. The van der Waals surface area contributed by atoms with Crippen LogP contribution in [0.5, 0.6) is 0 Å². The maximum absolute atomic E-state index is 3.61. The largest absolute Gasteiger partial charge is 4.00 e. The van der Waals surface area contributed by atoms with Gasteiger partial charge in [0, 0.05) is 0 Å². The average Bonchev–Trinajstić information content (AvgIpc) is 2.88. The fourth-order valence-electron chi connectivity index (χ4n) is 4.80. The first-order valence-electron chi connectivity index (χ1n) is 8.30. The first-order valence-corrected chi connectivity index (χ1v) is 10.5. The van der Waals surface area contributed by atoms with Gasteiger partial charge in [0.1, 0.15) is 0 Å². The van der Waals surface area contributed by atoms with Gasteiger partial charge in [0.25, 0.3) is 0 Å². The van der Waals surface area contributed by atoms with Crippen LogP contribution in [0.2, 0.25) is 11.1 Å². The van der Waals surface area contributed by atoms with Gasteiger partial charge in [-0.3, -0.25) is 12.2 Å². The van der Waals surface area contributed by atoms with Crippen LogP contribution < -0.4 is 24.8 Å². The minimum atomic E-state index is -1.78. The normalized spacial score (nSPS) is 17.6. The minimum absolute atomic E-state index is 0. The zero-order valence-corrected chi connectivity index (χ0v) is 21.3. The Balaban J connectivity index is 0. The fourth-order valence-corrected chi connectivity index (χ4v) is 11.7. The van der Waals surface area contributed by atoms with E-state index in [1.54, 1.807) is 21.5 Å². The molecule has 0 aromatic rings. The summed E-state index contributed by atoms with van der Waals surface area (Å²) < 4.78 is 0. The van der Waals surface area contributed by atoms with Crippen molar-refractivity contribution in [1.29, 1.82) is 0 Å².